The zero-order valence-corrected chi connectivity index (χ0v) is 13.7. The van der Waals surface area contributed by atoms with Gasteiger partial charge in [-0.2, -0.15) is 11.3 Å². The fraction of sp³-hybridized carbons (Fsp3) is 0.688. The Morgan fingerprint density at radius 3 is 2.70 bits per heavy atom. The van der Waals surface area contributed by atoms with Crippen LogP contribution in [0.4, 0.5) is 0 Å². The third-order valence-corrected chi connectivity index (χ3v) is 5.00. The van der Waals surface area contributed by atoms with Gasteiger partial charge in [-0.1, -0.05) is 33.6 Å². The molecule has 1 amide bonds. The van der Waals surface area contributed by atoms with Gasteiger partial charge >= 0.3 is 0 Å². The molecule has 112 valence electrons. The molecular weight excluding hydrogens is 268 g/mol. The number of rotatable bonds is 6. The van der Waals surface area contributed by atoms with E-state index in [1.165, 1.54) is 5.56 Å². The van der Waals surface area contributed by atoms with Crippen LogP contribution in [0, 0.1) is 5.92 Å². The van der Waals surface area contributed by atoms with Crippen molar-refractivity contribution < 1.29 is 4.79 Å². The fourth-order valence-electron chi connectivity index (χ4n) is 2.71. The smallest absolute Gasteiger partial charge is 0.241 e. The average molecular weight is 294 g/mol. The number of hydrogen-bond donors (Lipinski definition) is 1. The second kappa shape index (κ2) is 6.72. The molecule has 1 aliphatic heterocycles. The van der Waals surface area contributed by atoms with E-state index in [9.17, 15) is 4.79 Å². The minimum atomic E-state index is -0.0129. The van der Waals surface area contributed by atoms with Crippen LogP contribution >= 0.6 is 11.3 Å². The van der Waals surface area contributed by atoms with Crippen molar-refractivity contribution in [2.24, 2.45) is 5.92 Å². The molecule has 0 radical (unpaired) electrons. The summed E-state index contributed by atoms with van der Waals surface area (Å²) >= 11 is 1.69. The van der Waals surface area contributed by atoms with E-state index in [1.54, 1.807) is 11.3 Å². The SMILES string of the molecule is CCCCC1NC(c2ccsc2)N(C(C)C(C)C)C1=O. The van der Waals surface area contributed by atoms with Crippen LogP contribution in [-0.4, -0.2) is 22.9 Å². The summed E-state index contributed by atoms with van der Waals surface area (Å²) in [4.78, 5) is 14.8. The molecule has 3 atom stereocenters. The number of nitrogens with one attached hydrogen (secondary N) is 1. The Bertz CT molecular complexity index is 430. The van der Waals surface area contributed by atoms with E-state index in [0.717, 1.165) is 19.3 Å². The lowest BCUT2D eigenvalue weighted by Crippen LogP contribution is -2.41. The van der Waals surface area contributed by atoms with Crippen LogP contribution in [-0.2, 0) is 4.79 Å². The second-order valence-corrected chi connectivity index (χ2v) is 6.83. The van der Waals surface area contributed by atoms with E-state index in [-0.39, 0.29) is 24.2 Å². The monoisotopic (exact) mass is 294 g/mol. The first-order chi connectivity index (χ1) is 9.56. The molecule has 1 aliphatic rings. The average Bonchev–Trinajstić information content (AvgIpc) is 3.03. The quantitative estimate of drug-likeness (QED) is 0.866. The van der Waals surface area contributed by atoms with E-state index in [4.69, 9.17) is 0 Å². The Morgan fingerprint density at radius 2 is 2.15 bits per heavy atom. The lowest BCUT2D eigenvalue weighted by Gasteiger charge is -2.32. The first-order valence-corrected chi connectivity index (χ1v) is 8.60. The molecule has 0 spiro atoms. The molecule has 1 N–H and O–H groups in total. The summed E-state index contributed by atoms with van der Waals surface area (Å²) in [5, 5.41) is 7.78. The number of carbonyl (C=O) groups is 1. The predicted molar refractivity (Wildman–Crippen MR) is 84.7 cm³/mol. The molecule has 0 saturated carbocycles. The molecule has 0 bridgehead atoms. The molecule has 3 nitrogen and oxygen atoms in total. The molecule has 1 saturated heterocycles. The largest absolute Gasteiger partial charge is 0.319 e. The van der Waals surface area contributed by atoms with Gasteiger partial charge in [-0.15, -0.1) is 0 Å². The third-order valence-electron chi connectivity index (χ3n) is 4.30. The summed E-state index contributed by atoms with van der Waals surface area (Å²) < 4.78 is 0. The van der Waals surface area contributed by atoms with Gasteiger partial charge in [0.25, 0.3) is 0 Å². The summed E-state index contributed by atoms with van der Waals surface area (Å²) in [6.07, 6.45) is 3.22. The standard InChI is InChI=1S/C16H26N2OS/c1-5-6-7-14-16(19)18(12(4)11(2)3)15(17-14)13-8-9-20-10-13/h8-12,14-15,17H,5-7H2,1-4H3. The number of unbranched alkanes of at least 4 members (excludes halogenated alkanes) is 1. The Labute approximate surface area is 126 Å². The Kier molecular flexibility index (Phi) is 5.22. The summed E-state index contributed by atoms with van der Waals surface area (Å²) in [6, 6.07) is 2.37. The molecule has 1 aromatic heterocycles. The highest BCUT2D eigenvalue weighted by atomic mass is 32.1. The number of carbonyl (C=O) groups excluding carboxylic acids is 1. The van der Waals surface area contributed by atoms with Gasteiger partial charge in [0.1, 0.15) is 6.17 Å². The van der Waals surface area contributed by atoms with Crippen LogP contribution in [0.15, 0.2) is 16.8 Å². The van der Waals surface area contributed by atoms with Crippen LogP contribution in [0.25, 0.3) is 0 Å². The molecule has 0 aromatic carbocycles. The van der Waals surface area contributed by atoms with Crippen molar-refractivity contribution in [3.8, 4) is 0 Å². The van der Waals surface area contributed by atoms with Crippen LogP contribution in [0.2, 0.25) is 0 Å². The second-order valence-electron chi connectivity index (χ2n) is 6.05. The molecule has 1 aromatic rings. The Morgan fingerprint density at radius 1 is 1.40 bits per heavy atom. The minimum Gasteiger partial charge on any atom is -0.319 e. The maximum Gasteiger partial charge on any atom is 0.241 e. The van der Waals surface area contributed by atoms with Crippen molar-refractivity contribution in [3.05, 3.63) is 22.4 Å². The van der Waals surface area contributed by atoms with Crippen LogP contribution in [0.3, 0.4) is 0 Å². The summed E-state index contributed by atoms with van der Waals surface area (Å²) in [5.74, 6) is 0.739. The van der Waals surface area contributed by atoms with Gasteiger partial charge in [0.05, 0.1) is 6.04 Å². The summed E-state index contributed by atoms with van der Waals surface area (Å²) in [6.45, 7) is 8.69. The topological polar surface area (TPSA) is 32.3 Å². The predicted octanol–water partition coefficient (Wildman–Crippen LogP) is 3.78. The van der Waals surface area contributed by atoms with E-state index >= 15 is 0 Å². The lowest BCUT2D eigenvalue weighted by atomic mass is 10.0. The van der Waals surface area contributed by atoms with E-state index in [2.05, 4.69) is 54.7 Å². The van der Waals surface area contributed by atoms with Crippen molar-refractivity contribution in [3.63, 3.8) is 0 Å². The van der Waals surface area contributed by atoms with E-state index in [0.29, 0.717) is 5.92 Å². The molecule has 3 unspecified atom stereocenters. The Balaban J connectivity index is 2.21. The maximum atomic E-state index is 12.7. The number of nitrogens with zero attached hydrogens (tertiary/aromatic N) is 1. The summed E-state index contributed by atoms with van der Waals surface area (Å²) in [5.41, 5.74) is 1.22. The van der Waals surface area contributed by atoms with Crippen LogP contribution in [0.1, 0.15) is 58.7 Å². The molecular formula is C16H26N2OS. The van der Waals surface area contributed by atoms with Gasteiger partial charge < -0.3 is 4.90 Å². The van der Waals surface area contributed by atoms with Crippen molar-refractivity contribution in [1.29, 1.82) is 0 Å². The maximum absolute atomic E-state index is 12.7. The van der Waals surface area contributed by atoms with Crippen molar-refractivity contribution >= 4 is 17.2 Å². The first kappa shape index (κ1) is 15.5. The van der Waals surface area contributed by atoms with Crippen molar-refractivity contribution in [2.75, 3.05) is 0 Å². The fourth-order valence-corrected chi connectivity index (χ4v) is 3.39. The number of amides is 1. The minimum absolute atomic E-state index is 0.0129. The number of thiophene rings is 1. The molecule has 2 heterocycles. The van der Waals surface area contributed by atoms with Crippen molar-refractivity contribution in [2.45, 2.75) is 65.2 Å². The molecule has 1 fully saturated rings. The number of hydrogen-bond acceptors (Lipinski definition) is 3. The highest BCUT2D eigenvalue weighted by Crippen LogP contribution is 2.32. The highest BCUT2D eigenvalue weighted by Gasteiger charge is 2.42. The van der Waals surface area contributed by atoms with Gasteiger partial charge in [0, 0.05) is 6.04 Å². The van der Waals surface area contributed by atoms with Gasteiger partial charge in [-0.3, -0.25) is 10.1 Å². The Hall–Kier alpha value is -0.870. The molecule has 4 heteroatoms. The van der Waals surface area contributed by atoms with Crippen molar-refractivity contribution in [1.82, 2.24) is 10.2 Å². The summed E-state index contributed by atoms with van der Waals surface area (Å²) in [7, 11) is 0. The van der Waals surface area contributed by atoms with Gasteiger partial charge in [-0.05, 0) is 41.7 Å². The zero-order chi connectivity index (χ0) is 14.7. The molecule has 20 heavy (non-hydrogen) atoms. The van der Waals surface area contributed by atoms with Gasteiger partial charge in [-0.25, -0.2) is 0 Å². The first-order valence-electron chi connectivity index (χ1n) is 7.66. The lowest BCUT2D eigenvalue weighted by molar-refractivity contribution is -0.133. The molecule has 2 rings (SSSR count). The third kappa shape index (κ3) is 3.07. The molecule has 0 aliphatic carbocycles. The van der Waals surface area contributed by atoms with Crippen LogP contribution < -0.4 is 5.32 Å². The normalized spacial score (nSPS) is 24.6. The van der Waals surface area contributed by atoms with Gasteiger partial charge in [0.15, 0.2) is 0 Å². The van der Waals surface area contributed by atoms with E-state index < -0.39 is 0 Å². The van der Waals surface area contributed by atoms with Crippen LogP contribution in [0.5, 0.6) is 0 Å². The van der Waals surface area contributed by atoms with Gasteiger partial charge in [0.2, 0.25) is 5.91 Å². The highest BCUT2D eigenvalue weighted by molar-refractivity contribution is 7.07. The zero-order valence-electron chi connectivity index (χ0n) is 12.9. The van der Waals surface area contributed by atoms with E-state index in [1.807, 2.05) is 0 Å².